The van der Waals surface area contributed by atoms with Crippen LogP contribution in [-0.2, 0) is 0 Å². The van der Waals surface area contributed by atoms with Crippen LogP contribution in [0.5, 0.6) is 5.75 Å². The highest BCUT2D eigenvalue weighted by molar-refractivity contribution is 6.32. The van der Waals surface area contributed by atoms with E-state index >= 15 is 0 Å². The average Bonchev–Trinajstić information content (AvgIpc) is 3.35. The molecule has 5 heteroatoms. The summed E-state index contributed by atoms with van der Waals surface area (Å²) in [6.45, 7) is 0.623. The molecule has 0 aromatic heterocycles. The zero-order valence-corrected chi connectivity index (χ0v) is 15.5. The number of halogens is 1. The molecule has 0 radical (unpaired) electrons. The number of hydrazone groups is 1. The predicted molar refractivity (Wildman–Crippen MR) is 106 cm³/mol. The summed E-state index contributed by atoms with van der Waals surface area (Å²) in [5, 5.41) is 16.7. The Morgan fingerprint density at radius 3 is 2.89 bits per heavy atom. The number of anilines is 1. The highest BCUT2D eigenvalue weighted by atomic mass is 35.5. The number of allylic oxidation sites excluding steroid dienone is 1. The van der Waals surface area contributed by atoms with Crippen LogP contribution in [-0.4, -0.2) is 18.4 Å². The summed E-state index contributed by atoms with van der Waals surface area (Å²) in [7, 11) is 0. The fraction of sp³-hybridized carbons (Fsp3) is 0.273. The van der Waals surface area contributed by atoms with Crippen LogP contribution in [0.25, 0.3) is 0 Å². The average molecular weight is 376 g/mol. The predicted octanol–water partition coefficient (Wildman–Crippen LogP) is 4.92. The van der Waals surface area contributed by atoms with E-state index in [2.05, 4.69) is 23.2 Å². The summed E-state index contributed by atoms with van der Waals surface area (Å²) in [6.07, 6.45) is 5.74. The molecular weight excluding hydrogens is 358 g/mol. The Morgan fingerprint density at radius 1 is 1.22 bits per heavy atom. The van der Waals surface area contributed by atoms with Gasteiger partial charge in [0.15, 0.2) is 0 Å². The van der Waals surface area contributed by atoms with Crippen LogP contribution in [0, 0.1) is 17.2 Å². The van der Waals surface area contributed by atoms with Crippen molar-refractivity contribution in [3.05, 3.63) is 70.3 Å². The summed E-state index contributed by atoms with van der Waals surface area (Å²) >= 11 is 6.31. The van der Waals surface area contributed by atoms with Gasteiger partial charge in [-0.2, -0.15) is 10.4 Å². The van der Waals surface area contributed by atoms with E-state index in [-0.39, 0.29) is 12.0 Å². The van der Waals surface area contributed by atoms with Crippen LogP contribution in [0.3, 0.4) is 0 Å². The first-order valence-electron chi connectivity index (χ1n) is 9.25. The zero-order valence-electron chi connectivity index (χ0n) is 14.7. The molecule has 4 nitrogen and oxygen atoms in total. The number of nitrogens with zero attached hydrogens (tertiary/aromatic N) is 3. The summed E-state index contributed by atoms with van der Waals surface area (Å²) < 4.78 is 6.07. The molecule has 2 heterocycles. The van der Waals surface area contributed by atoms with Gasteiger partial charge in [0, 0.05) is 5.56 Å². The lowest BCUT2D eigenvalue weighted by atomic mass is 9.85. The third kappa shape index (κ3) is 2.62. The molecule has 0 fully saturated rings. The first-order valence-corrected chi connectivity index (χ1v) is 9.62. The van der Waals surface area contributed by atoms with E-state index in [9.17, 15) is 5.26 Å². The minimum Gasteiger partial charge on any atom is -0.492 e. The van der Waals surface area contributed by atoms with Gasteiger partial charge in [0.1, 0.15) is 11.8 Å². The van der Waals surface area contributed by atoms with Crippen molar-refractivity contribution in [2.24, 2.45) is 11.0 Å². The van der Waals surface area contributed by atoms with Crippen molar-refractivity contribution in [3.63, 3.8) is 0 Å². The lowest BCUT2D eigenvalue weighted by molar-refractivity contribution is 0.266. The molecule has 3 aliphatic rings. The maximum atomic E-state index is 9.18. The van der Waals surface area contributed by atoms with Crippen molar-refractivity contribution in [1.82, 2.24) is 0 Å². The van der Waals surface area contributed by atoms with Crippen molar-refractivity contribution < 1.29 is 4.74 Å². The molecule has 2 atom stereocenters. The molecular formula is C22H18ClN3O. The Balaban J connectivity index is 1.63. The van der Waals surface area contributed by atoms with Crippen LogP contribution >= 0.6 is 11.6 Å². The number of rotatable bonds is 2. The standard InChI is InChI=1S/C22H18ClN3O/c23-19-11-16(10-9-15(19)12-24)26-22(14-5-1-2-6-14)18-13-27-20-8-4-3-7-17(20)21(18)25-26/h3-5,7-11,18,22H,1-2,6,13H2. The summed E-state index contributed by atoms with van der Waals surface area (Å²) in [5.74, 6) is 1.09. The maximum absolute atomic E-state index is 9.18. The van der Waals surface area contributed by atoms with Gasteiger partial charge in [-0.05, 0) is 55.2 Å². The summed E-state index contributed by atoms with van der Waals surface area (Å²) in [6, 6.07) is 15.9. The number of ether oxygens (including phenoxy) is 1. The number of para-hydroxylation sites is 1. The minimum absolute atomic E-state index is 0.139. The lowest BCUT2D eigenvalue weighted by Crippen LogP contribution is -2.40. The Labute approximate surface area is 163 Å². The van der Waals surface area contributed by atoms with Gasteiger partial charge in [0.25, 0.3) is 0 Å². The molecule has 2 unspecified atom stereocenters. The molecule has 0 spiro atoms. The smallest absolute Gasteiger partial charge is 0.128 e. The minimum atomic E-state index is 0.139. The molecule has 27 heavy (non-hydrogen) atoms. The second-order valence-corrected chi connectivity index (χ2v) is 7.54. The monoisotopic (exact) mass is 375 g/mol. The second-order valence-electron chi connectivity index (χ2n) is 7.14. The van der Waals surface area contributed by atoms with Crippen LogP contribution < -0.4 is 9.75 Å². The van der Waals surface area contributed by atoms with Crippen LogP contribution in [0.15, 0.2) is 59.2 Å². The van der Waals surface area contributed by atoms with Crippen LogP contribution in [0.1, 0.15) is 30.4 Å². The molecule has 2 aromatic rings. The third-order valence-electron chi connectivity index (χ3n) is 5.59. The van der Waals surface area contributed by atoms with E-state index in [1.165, 1.54) is 12.0 Å². The van der Waals surface area contributed by atoms with Gasteiger partial charge >= 0.3 is 0 Å². The van der Waals surface area contributed by atoms with E-state index in [1.54, 1.807) is 6.07 Å². The highest BCUT2D eigenvalue weighted by Gasteiger charge is 2.44. The number of hydrogen-bond donors (Lipinski definition) is 0. The van der Waals surface area contributed by atoms with Crippen molar-refractivity contribution in [3.8, 4) is 11.8 Å². The van der Waals surface area contributed by atoms with Crippen LogP contribution in [0.2, 0.25) is 5.02 Å². The van der Waals surface area contributed by atoms with Crippen molar-refractivity contribution >= 4 is 23.0 Å². The third-order valence-corrected chi connectivity index (χ3v) is 5.90. The molecule has 0 N–H and O–H groups in total. The molecule has 0 bridgehead atoms. The largest absolute Gasteiger partial charge is 0.492 e. The Morgan fingerprint density at radius 2 is 2.11 bits per heavy atom. The van der Waals surface area contributed by atoms with E-state index in [0.717, 1.165) is 35.6 Å². The van der Waals surface area contributed by atoms with Gasteiger partial charge in [-0.25, -0.2) is 0 Å². The Kier molecular flexibility index (Phi) is 3.91. The molecule has 134 valence electrons. The van der Waals surface area contributed by atoms with Crippen LogP contribution in [0.4, 0.5) is 5.69 Å². The number of benzene rings is 2. The van der Waals surface area contributed by atoms with Gasteiger partial charge in [-0.3, -0.25) is 5.01 Å². The lowest BCUT2D eigenvalue weighted by Gasteiger charge is -2.31. The first-order chi connectivity index (χ1) is 13.3. The fourth-order valence-corrected chi connectivity index (χ4v) is 4.53. The van der Waals surface area contributed by atoms with E-state index in [4.69, 9.17) is 21.4 Å². The highest BCUT2D eigenvalue weighted by Crippen LogP contribution is 2.42. The molecule has 2 aromatic carbocycles. The van der Waals surface area contributed by atoms with Gasteiger partial charge in [0.2, 0.25) is 0 Å². The van der Waals surface area contributed by atoms with Gasteiger partial charge in [0.05, 0.1) is 40.6 Å². The molecule has 1 aliphatic carbocycles. The Bertz CT molecular complexity index is 1020. The van der Waals surface area contributed by atoms with Gasteiger partial charge in [-0.15, -0.1) is 0 Å². The van der Waals surface area contributed by atoms with E-state index in [0.29, 0.717) is 17.2 Å². The number of nitriles is 1. The topological polar surface area (TPSA) is 48.6 Å². The first kappa shape index (κ1) is 16.4. The van der Waals surface area contributed by atoms with Crippen molar-refractivity contribution in [2.45, 2.75) is 25.3 Å². The molecule has 5 rings (SSSR count). The molecule has 2 aliphatic heterocycles. The summed E-state index contributed by atoms with van der Waals surface area (Å²) in [4.78, 5) is 0. The Hall–Kier alpha value is -2.77. The second kappa shape index (κ2) is 6.44. The zero-order chi connectivity index (χ0) is 18.4. The molecule has 0 saturated heterocycles. The number of hydrogen-bond acceptors (Lipinski definition) is 4. The van der Waals surface area contributed by atoms with E-state index in [1.807, 2.05) is 30.3 Å². The summed E-state index contributed by atoms with van der Waals surface area (Å²) in [5.41, 5.74) is 4.96. The maximum Gasteiger partial charge on any atom is 0.128 e. The SMILES string of the molecule is N#Cc1ccc(N2N=C3c4ccccc4OCC3C2C2=CCCC2)cc1Cl. The molecule has 0 amide bonds. The normalized spacial score (nSPS) is 23.0. The quantitative estimate of drug-likeness (QED) is 0.700. The number of fused-ring (bicyclic) bond motifs is 3. The molecule has 0 saturated carbocycles. The van der Waals surface area contributed by atoms with Crippen molar-refractivity contribution in [2.75, 3.05) is 11.6 Å². The van der Waals surface area contributed by atoms with Gasteiger partial charge in [-0.1, -0.05) is 29.8 Å². The van der Waals surface area contributed by atoms with E-state index < -0.39 is 0 Å². The van der Waals surface area contributed by atoms with Crippen molar-refractivity contribution in [1.29, 1.82) is 5.26 Å². The fourth-order valence-electron chi connectivity index (χ4n) is 4.32. The van der Waals surface area contributed by atoms with Gasteiger partial charge < -0.3 is 4.74 Å².